The summed E-state index contributed by atoms with van der Waals surface area (Å²) in [6, 6.07) is 4.87. The van der Waals surface area contributed by atoms with Gasteiger partial charge in [0.25, 0.3) is 0 Å². The number of nitrogens with one attached hydrogen (secondary N) is 1. The quantitative estimate of drug-likeness (QED) is 0.562. The lowest BCUT2D eigenvalue weighted by Gasteiger charge is -2.18. The van der Waals surface area contributed by atoms with E-state index in [1.54, 1.807) is 6.07 Å². The molecule has 130 valence electrons. The Bertz CT molecular complexity index is 634. The van der Waals surface area contributed by atoms with E-state index >= 15 is 0 Å². The predicted octanol–water partition coefficient (Wildman–Crippen LogP) is 3.81. The molecule has 2 N–H and O–H groups in total. The third-order valence-corrected chi connectivity index (χ3v) is 4.71. The van der Waals surface area contributed by atoms with Crippen molar-refractivity contribution in [2.45, 2.75) is 58.4 Å². The Kier molecular flexibility index (Phi) is 6.73. The Hall–Kier alpha value is -1.94. The van der Waals surface area contributed by atoms with Crippen molar-refractivity contribution in [2.75, 3.05) is 6.54 Å². The van der Waals surface area contributed by atoms with Crippen molar-refractivity contribution in [2.24, 2.45) is 0 Å². The van der Waals surface area contributed by atoms with Crippen LogP contribution in [0.1, 0.15) is 60.0 Å². The molecule has 0 saturated heterocycles. The normalized spacial score (nSPS) is 15.7. The van der Waals surface area contributed by atoms with Crippen LogP contribution in [0.5, 0.6) is 0 Å². The zero-order valence-corrected chi connectivity index (χ0v) is 14.6. The average molecular weight is 329 g/mol. The number of carboxylic acid groups (broad SMARTS) is 1. The van der Waals surface area contributed by atoms with E-state index in [1.165, 1.54) is 18.4 Å². The molecule has 1 atom stereocenters. The summed E-state index contributed by atoms with van der Waals surface area (Å²) in [5, 5.41) is 12.3. The molecule has 1 aliphatic rings. The number of aliphatic carboxylic acids is 1. The molecule has 4 heteroatoms. The molecule has 0 heterocycles. The topological polar surface area (TPSA) is 66.4 Å². The van der Waals surface area contributed by atoms with Crippen LogP contribution in [-0.4, -0.2) is 29.4 Å². The minimum Gasteiger partial charge on any atom is -0.481 e. The fourth-order valence-electron chi connectivity index (χ4n) is 3.07. The Labute approximate surface area is 144 Å². The first-order chi connectivity index (χ1) is 11.5. The van der Waals surface area contributed by atoms with Crippen molar-refractivity contribution in [1.29, 1.82) is 0 Å². The standard InChI is InChI=1S/C20H27NO3/c1-14-8-9-17(12-15(14)2)20(24)18(13-19(22)23)21-11-10-16-6-4-3-5-7-16/h6,8-9,12,18,21H,3-5,7,10-11,13H2,1-2H3,(H,22,23). The van der Waals surface area contributed by atoms with Gasteiger partial charge < -0.3 is 10.4 Å². The Morgan fingerprint density at radius 1 is 1.21 bits per heavy atom. The second-order valence-corrected chi connectivity index (χ2v) is 6.63. The molecule has 1 aliphatic carbocycles. The molecular formula is C20H27NO3. The number of carboxylic acids is 1. The molecule has 1 aromatic rings. The van der Waals surface area contributed by atoms with Gasteiger partial charge in [-0.05, 0) is 69.7 Å². The Morgan fingerprint density at radius 3 is 2.62 bits per heavy atom. The third-order valence-electron chi connectivity index (χ3n) is 4.71. The highest BCUT2D eigenvalue weighted by atomic mass is 16.4. The van der Waals surface area contributed by atoms with Crippen LogP contribution in [0.2, 0.25) is 0 Å². The number of aryl methyl sites for hydroxylation is 2. The highest BCUT2D eigenvalue weighted by molar-refractivity contribution is 6.01. The van der Waals surface area contributed by atoms with E-state index in [0.29, 0.717) is 12.1 Å². The van der Waals surface area contributed by atoms with Crippen molar-refractivity contribution in [3.63, 3.8) is 0 Å². The van der Waals surface area contributed by atoms with Crippen molar-refractivity contribution in [1.82, 2.24) is 5.32 Å². The molecule has 0 bridgehead atoms. The first kappa shape index (κ1) is 18.4. The van der Waals surface area contributed by atoms with E-state index in [1.807, 2.05) is 26.0 Å². The summed E-state index contributed by atoms with van der Waals surface area (Å²) in [5.41, 5.74) is 4.16. The molecule has 0 saturated carbocycles. The number of hydrogen-bond acceptors (Lipinski definition) is 3. The maximum absolute atomic E-state index is 12.7. The minimum atomic E-state index is -0.957. The van der Waals surface area contributed by atoms with Gasteiger partial charge >= 0.3 is 5.97 Å². The van der Waals surface area contributed by atoms with Crippen LogP contribution in [-0.2, 0) is 4.79 Å². The van der Waals surface area contributed by atoms with Gasteiger partial charge in [-0.15, -0.1) is 0 Å². The molecule has 24 heavy (non-hydrogen) atoms. The largest absolute Gasteiger partial charge is 0.481 e. The van der Waals surface area contributed by atoms with E-state index in [2.05, 4.69) is 11.4 Å². The Morgan fingerprint density at radius 2 is 2.00 bits per heavy atom. The van der Waals surface area contributed by atoms with E-state index in [-0.39, 0.29) is 12.2 Å². The summed E-state index contributed by atoms with van der Waals surface area (Å²) in [7, 11) is 0. The summed E-state index contributed by atoms with van der Waals surface area (Å²) in [5.74, 6) is -1.10. The highest BCUT2D eigenvalue weighted by Crippen LogP contribution is 2.19. The van der Waals surface area contributed by atoms with E-state index in [4.69, 9.17) is 5.11 Å². The fraction of sp³-hybridized carbons (Fsp3) is 0.500. The number of Topliss-reactive ketones (excluding diaryl/α,β-unsaturated/α-hetero) is 1. The van der Waals surface area contributed by atoms with Crippen molar-refractivity contribution < 1.29 is 14.7 Å². The van der Waals surface area contributed by atoms with Gasteiger partial charge in [0.1, 0.15) is 0 Å². The molecule has 1 unspecified atom stereocenters. The number of carbonyl (C=O) groups excluding carboxylic acids is 1. The van der Waals surface area contributed by atoms with Crippen molar-refractivity contribution >= 4 is 11.8 Å². The van der Waals surface area contributed by atoms with Crippen molar-refractivity contribution in [3.05, 3.63) is 46.5 Å². The van der Waals surface area contributed by atoms with Gasteiger partial charge in [0.2, 0.25) is 0 Å². The van der Waals surface area contributed by atoms with E-state index in [0.717, 1.165) is 30.4 Å². The summed E-state index contributed by atoms with van der Waals surface area (Å²) < 4.78 is 0. The molecule has 2 rings (SSSR count). The zero-order chi connectivity index (χ0) is 17.5. The van der Waals surface area contributed by atoms with E-state index < -0.39 is 12.0 Å². The van der Waals surface area contributed by atoms with Gasteiger partial charge in [-0.3, -0.25) is 9.59 Å². The zero-order valence-electron chi connectivity index (χ0n) is 14.6. The second kappa shape index (κ2) is 8.78. The van der Waals surface area contributed by atoms with Crippen LogP contribution >= 0.6 is 0 Å². The van der Waals surface area contributed by atoms with Gasteiger partial charge in [-0.1, -0.05) is 23.8 Å². The van der Waals surface area contributed by atoms with Crippen LogP contribution in [0.3, 0.4) is 0 Å². The van der Waals surface area contributed by atoms with Crippen LogP contribution < -0.4 is 5.32 Å². The van der Waals surface area contributed by atoms with Gasteiger partial charge in [0.05, 0.1) is 12.5 Å². The molecule has 0 amide bonds. The third kappa shape index (κ3) is 5.31. The summed E-state index contributed by atoms with van der Waals surface area (Å²) in [4.78, 5) is 23.8. The molecule has 0 aliphatic heterocycles. The number of benzene rings is 1. The maximum Gasteiger partial charge on any atom is 0.305 e. The van der Waals surface area contributed by atoms with Crippen LogP contribution in [0.4, 0.5) is 0 Å². The molecule has 0 spiro atoms. The number of ketones is 1. The fourth-order valence-corrected chi connectivity index (χ4v) is 3.07. The summed E-state index contributed by atoms with van der Waals surface area (Å²) >= 11 is 0. The van der Waals surface area contributed by atoms with Crippen molar-refractivity contribution in [3.8, 4) is 0 Å². The number of rotatable bonds is 8. The van der Waals surface area contributed by atoms with Gasteiger partial charge in [-0.25, -0.2) is 0 Å². The number of hydrogen-bond donors (Lipinski definition) is 2. The molecule has 4 nitrogen and oxygen atoms in total. The molecule has 0 fully saturated rings. The first-order valence-electron chi connectivity index (χ1n) is 8.72. The average Bonchev–Trinajstić information content (AvgIpc) is 2.56. The number of carbonyl (C=O) groups is 2. The smallest absolute Gasteiger partial charge is 0.305 e. The monoisotopic (exact) mass is 329 g/mol. The van der Waals surface area contributed by atoms with Gasteiger partial charge in [0, 0.05) is 5.56 Å². The molecule has 1 aromatic carbocycles. The molecule has 0 aromatic heterocycles. The highest BCUT2D eigenvalue weighted by Gasteiger charge is 2.22. The van der Waals surface area contributed by atoms with E-state index in [9.17, 15) is 9.59 Å². The first-order valence-corrected chi connectivity index (χ1v) is 8.72. The lowest BCUT2D eigenvalue weighted by Crippen LogP contribution is -2.39. The lowest BCUT2D eigenvalue weighted by molar-refractivity contribution is -0.137. The van der Waals surface area contributed by atoms with Gasteiger partial charge in [-0.2, -0.15) is 0 Å². The van der Waals surface area contributed by atoms with Crippen LogP contribution in [0.25, 0.3) is 0 Å². The lowest BCUT2D eigenvalue weighted by atomic mass is 9.96. The molecular weight excluding hydrogens is 302 g/mol. The second-order valence-electron chi connectivity index (χ2n) is 6.63. The SMILES string of the molecule is Cc1ccc(C(=O)C(CC(=O)O)NCCC2=CCCCC2)cc1C. The predicted molar refractivity (Wildman–Crippen MR) is 95.5 cm³/mol. The summed E-state index contributed by atoms with van der Waals surface area (Å²) in [6.45, 7) is 4.59. The minimum absolute atomic E-state index is 0.141. The van der Waals surface area contributed by atoms with Crippen LogP contribution in [0.15, 0.2) is 29.8 Å². The Balaban J connectivity index is 2.00. The number of allylic oxidation sites excluding steroid dienone is 1. The summed E-state index contributed by atoms with van der Waals surface area (Å²) in [6.07, 6.45) is 7.71. The molecule has 0 radical (unpaired) electrons. The van der Waals surface area contributed by atoms with Gasteiger partial charge in [0.15, 0.2) is 5.78 Å². The van der Waals surface area contributed by atoms with Crippen LogP contribution in [0, 0.1) is 13.8 Å². The maximum atomic E-state index is 12.7.